The Morgan fingerprint density at radius 3 is 2.32 bits per heavy atom. The number of nitrogens with zero attached hydrogens (tertiary/aromatic N) is 2. The molecule has 1 rings (SSSR count). The Hall–Kier alpha value is -1.95. The molecule has 0 aliphatic carbocycles. The van der Waals surface area contributed by atoms with Gasteiger partial charge in [0, 0.05) is 26.2 Å². The van der Waals surface area contributed by atoms with Crippen molar-refractivity contribution in [3.63, 3.8) is 0 Å². The normalized spacial score (nSPS) is 13.1. The van der Waals surface area contributed by atoms with Crippen molar-refractivity contribution in [2.75, 3.05) is 41.9 Å². The standard InChI is InChI=1S/C19H34N4O2/c1-14(2)10-16(23(4)5)13-22-19(20-3)21-12-15-8-9-17(24-6)18(11-15)25-7/h8-9,11,14,16H,10,12-13H2,1-7H3,(H2,20,21,22). The second kappa shape index (κ2) is 10.8. The average Bonchev–Trinajstić information content (AvgIpc) is 2.59. The van der Waals surface area contributed by atoms with Crippen molar-refractivity contribution in [2.45, 2.75) is 32.9 Å². The minimum atomic E-state index is 0.472. The Kier molecular flexibility index (Phi) is 9.13. The zero-order valence-electron chi connectivity index (χ0n) is 16.7. The SMILES string of the molecule is CN=C(NCc1ccc(OC)c(OC)c1)NCC(CC(C)C)N(C)C. The zero-order valence-corrected chi connectivity index (χ0v) is 16.7. The minimum Gasteiger partial charge on any atom is -0.493 e. The Morgan fingerprint density at radius 1 is 1.12 bits per heavy atom. The van der Waals surface area contributed by atoms with Crippen LogP contribution in [-0.4, -0.2) is 58.8 Å². The van der Waals surface area contributed by atoms with Crippen LogP contribution in [0, 0.1) is 5.92 Å². The predicted octanol–water partition coefficient (Wildman–Crippen LogP) is 2.35. The number of nitrogens with one attached hydrogen (secondary N) is 2. The van der Waals surface area contributed by atoms with Crippen LogP contribution in [0.15, 0.2) is 23.2 Å². The van der Waals surface area contributed by atoms with Gasteiger partial charge in [0.15, 0.2) is 17.5 Å². The molecule has 0 bridgehead atoms. The number of ether oxygens (including phenoxy) is 2. The Balaban J connectivity index is 2.59. The molecule has 0 radical (unpaired) electrons. The molecule has 142 valence electrons. The lowest BCUT2D eigenvalue weighted by atomic mass is 10.0. The predicted molar refractivity (Wildman–Crippen MR) is 105 cm³/mol. The number of benzene rings is 1. The molecule has 0 aliphatic heterocycles. The summed E-state index contributed by atoms with van der Waals surface area (Å²) >= 11 is 0. The summed E-state index contributed by atoms with van der Waals surface area (Å²) in [6, 6.07) is 6.37. The number of guanidine groups is 1. The van der Waals surface area contributed by atoms with Gasteiger partial charge in [-0.25, -0.2) is 0 Å². The molecule has 6 heteroatoms. The van der Waals surface area contributed by atoms with Gasteiger partial charge in [-0.2, -0.15) is 0 Å². The molecule has 0 fully saturated rings. The third-order valence-electron chi connectivity index (χ3n) is 4.11. The lowest BCUT2D eigenvalue weighted by Crippen LogP contribution is -2.45. The Morgan fingerprint density at radius 2 is 1.80 bits per heavy atom. The Labute approximate surface area is 152 Å². The van der Waals surface area contributed by atoms with Crippen molar-refractivity contribution < 1.29 is 9.47 Å². The van der Waals surface area contributed by atoms with E-state index in [9.17, 15) is 0 Å². The van der Waals surface area contributed by atoms with Gasteiger partial charge >= 0.3 is 0 Å². The van der Waals surface area contributed by atoms with Crippen LogP contribution in [0.2, 0.25) is 0 Å². The number of methoxy groups -OCH3 is 2. The van der Waals surface area contributed by atoms with Crippen molar-refractivity contribution in [3.05, 3.63) is 23.8 Å². The summed E-state index contributed by atoms with van der Waals surface area (Å²) in [5, 5.41) is 6.77. The molecule has 0 heterocycles. The van der Waals surface area contributed by atoms with E-state index in [1.54, 1.807) is 21.3 Å². The molecule has 1 aromatic rings. The van der Waals surface area contributed by atoms with Crippen LogP contribution in [0.5, 0.6) is 11.5 Å². The van der Waals surface area contributed by atoms with Gasteiger partial charge < -0.3 is 25.0 Å². The molecule has 0 aromatic heterocycles. The summed E-state index contributed by atoms with van der Waals surface area (Å²) in [7, 11) is 9.31. The number of hydrogen-bond acceptors (Lipinski definition) is 4. The van der Waals surface area contributed by atoms with E-state index in [0.29, 0.717) is 18.5 Å². The molecule has 0 aliphatic rings. The van der Waals surface area contributed by atoms with E-state index in [2.05, 4.69) is 48.5 Å². The molecule has 0 saturated heterocycles. The highest BCUT2D eigenvalue weighted by Crippen LogP contribution is 2.27. The number of hydrogen-bond donors (Lipinski definition) is 2. The maximum Gasteiger partial charge on any atom is 0.191 e. The van der Waals surface area contributed by atoms with Crippen molar-refractivity contribution in [3.8, 4) is 11.5 Å². The first-order chi connectivity index (χ1) is 11.9. The summed E-state index contributed by atoms with van der Waals surface area (Å²) in [4.78, 5) is 6.57. The number of likely N-dealkylation sites (N-methyl/N-ethyl adjacent to an activating group) is 1. The van der Waals surface area contributed by atoms with Crippen molar-refractivity contribution >= 4 is 5.96 Å². The third-order valence-corrected chi connectivity index (χ3v) is 4.11. The molecule has 2 N–H and O–H groups in total. The summed E-state index contributed by atoms with van der Waals surface area (Å²) in [5.74, 6) is 2.92. The minimum absolute atomic E-state index is 0.472. The molecule has 1 aromatic carbocycles. The van der Waals surface area contributed by atoms with E-state index in [1.165, 1.54) is 0 Å². The summed E-state index contributed by atoms with van der Waals surface area (Å²) in [6.07, 6.45) is 1.15. The highest BCUT2D eigenvalue weighted by atomic mass is 16.5. The first-order valence-corrected chi connectivity index (χ1v) is 8.73. The second-order valence-electron chi connectivity index (χ2n) is 6.74. The van der Waals surface area contributed by atoms with E-state index in [0.717, 1.165) is 36.0 Å². The summed E-state index contributed by atoms with van der Waals surface area (Å²) < 4.78 is 10.6. The molecule has 25 heavy (non-hydrogen) atoms. The van der Waals surface area contributed by atoms with E-state index in [-0.39, 0.29) is 0 Å². The monoisotopic (exact) mass is 350 g/mol. The molecule has 0 spiro atoms. The van der Waals surface area contributed by atoms with Crippen molar-refractivity contribution in [2.24, 2.45) is 10.9 Å². The van der Waals surface area contributed by atoms with Crippen LogP contribution in [0.25, 0.3) is 0 Å². The van der Waals surface area contributed by atoms with Crippen LogP contribution >= 0.6 is 0 Å². The smallest absolute Gasteiger partial charge is 0.191 e. The van der Waals surface area contributed by atoms with Gasteiger partial charge in [-0.15, -0.1) is 0 Å². The average molecular weight is 351 g/mol. The lowest BCUT2D eigenvalue weighted by Gasteiger charge is -2.27. The highest BCUT2D eigenvalue weighted by molar-refractivity contribution is 5.79. The highest BCUT2D eigenvalue weighted by Gasteiger charge is 2.14. The first-order valence-electron chi connectivity index (χ1n) is 8.73. The van der Waals surface area contributed by atoms with Crippen LogP contribution in [0.1, 0.15) is 25.8 Å². The maximum atomic E-state index is 5.35. The van der Waals surface area contributed by atoms with Gasteiger partial charge in [-0.1, -0.05) is 19.9 Å². The maximum absolute atomic E-state index is 5.35. The molecular weight excluding hydrogens is 316 g/mol. The van der Waals surface area contributed by atoms with Crippen LogP contribution < -0.4 is 20.1 Å². The van der Waals surface area contributed by atoms with E-state index in [1.807, 2.05) is 18.2 Å². The first kappa shape index (κ1) is 21.1. The summed E-state index contributed by atoms with van der Waals surface area (Å²) in [6.45, 7) is 6.02. The van der Waals surface area contributed by atoms with E-state index < -0.39 is 0 Å². The van der Waals surface area contributed by atoms with Gasteiger partial charge in [0.25, 0.3) is 0 Å². The fraction of sp³-hybridized carbons (Fsp3) is 0.632. The second-order valence-corrected chi connectivity index (χ2v) is 6.74. The van der Waals surface area contributed by atoms with Gasteiger partial charge in [-0.3, -0.25) is 4.99 Å². The molecule has 0 saturated carbocycles. The van der Waals surface area contributed by atoms with Crippen LogP contribution in [0.4, 0.5) is 0 Å². The number of aliphatic imine (C=N–C) groups is 1. The largest absolute Gasteiger partial charge is 0.493 e. The van der Waals surface area contributed by atoms with Gasteiger partial charge in [0.05, 0.1) is 14.2 Å². The lowest BCUT2D eigenvalue weighted by molar-refractivity contribution is 0.254. The fourth-order valence-corrected chi connectivity index (χ4v) is 2.63. The molecule has 0 amide bonds. The van der Waals surface area contributed by atoms with Crippen molar-refractivity contribution in [1.82, 2.24) is 15.5 Å². The van der Waals surface area contributed by atoms with E-state index >= 15 is 0 Å². The topological polar surface area (TPSA) is 58.1 Å². The fourth-order valence-electron chi connectivity index (χ4n) is 2.63. The molecule has 1 atom stereocenters. The van der Waals surface area contributed by atoms with Gasteiger partial charge in [-0.05, 0) is 44.1 Å². The molecular formula is C19H34N4O2. The van der Waals surface area contributed by atoms with Crippen molar-refractivity contribution in [1.29, 1.82) is 0 Å². The molecule has 1 unspecified atom stereocenters. The van der Waals surface area contributed by atoms with Gasteiger partial charge in [0.2, 0.25) is 0 Å². The number of rotatable bonds is 9. The third kappa shape index (κ3) is 7.22. The van der Waals surface area contributed by atoms with Crippen LogP contribution in [0.3, 0.4) is 0 Å². The summed E-state index contributed by atoms with van der Waals surface area (Å²) in [5.41, 5.74) is 1.10. The Bertz CT molecular complexity index is 544. The van der Waals surface area contributed by atoms with Crippen LogP contribution in [-0.2, 0) is 6.54 Å². The van der Waals surface area contributed by atoms with Gasteiger partial charge in [0.1, 0.15) is 0 Å². The zero-order chi connectivity index (χ0) is 18.8. The van der Waals surface area contributed by atoms with E-state index in [4.69, 9.17) is 9.47 Å². The molecule has 6 nitrogen and oxygen atoms in total. The quantitative estimate of drug-likeness (QED) is 0.529.